The molecule has 0 atom stereocenters. The van der Waals surface area contributed by atoms with E-state index in [1.807, 2.05) is 0 Å². The van der Waals surface area contributed by atoms with Crippen molar-refractivity contribution >= 4 is 0 Å². The van der Waals surface area contributed by atoms with Gasteiger partial charge in [-0.3, -0.25) is 0 Å². The summed E-state index contributed by atoms with van der Waals surface area (Å²) >= 11 is 0. The summed E-state index contributed by atoms with van der Waals surface area (Å²) in [5, 5.41) is 3.53. The van der Waals surface area contributed by atoms with Gasteiger partial charge in [0.2, 0.25) is 0 Å². The molecule has 92 valence electrons. The Hall–Kier alpha value is -0.0800. The maximum Gasteiger partial charge on any atom is 0.0107 e. The van der Waals surface area contributed by atoms with Crippen LogP contribution in [0, 0.1) is 0 Å². The molecular weight excluding hydrogens is 184 g/mol. The van der Waals surface area contributed by atoms with E-state index in [1.165, 1.54) is 58.3 Å². The van der Waals surface area contributed by atoms with E-state index < -0.39 is 0 Å². The van der Waals surface area contributed by atoms with E-state index in [1.54, 1.807) is 0 Å². The number of nitrogens with zero attached hydrogens (tertiary/aromatic N) is 1. The highest BCUT2D eigenvalue weighted by Gasteiger charge is 2.00. The zero-order valence-electron chi connectivity index (χ0n) is 11.0. The van der Waals surface area contributed by atoms with Crippen LogP contribution in [0.1, 0.15) is 52.9 Å². The van der Waals surface area contributed by atoms with Crippen LogP contribution < -0.4 is 5.32 Å². The van der Waals surface area contributed by atoms with Crippen molar-refractivity contribution in [2.75, 3.05) is 32.7 Å². The SMILES string of the molecule is CCCCCNCCN(CCC)CCC. The lowest BCUT2D eigenvalue weighted by molar-refractivity contribution is 0.274. The van der Waals surface area contributed by atoms with Crippen LogP contribution >= 0.6 is 0 Å². The Balaban J connectivity index is 3.28. The van der Waals surface area contributed by atoms with Gasteiger partial charge in [0.1, 0.15) is 0 Å². The topological polar surface area (TPSA) is 15.3 Å². The molecule has 0 saturated heterocycles. The van der Waals surface area contributed by atoms with Crippen LogP contribution in [0.2, 0.25) is 0 Å². The molecule has 0 rings (SSSR count). The molecule has 0 bridgehead atoms. The third kappa shape index (κ3) is 10.2. The molecule has 2 nitrogen and oxygen atoms in total. The van der Waals surface area contributed by atoms with Crippen molar-refractivity contribution in [2.24, 2.45) is 0 Å². The fourth-order valence-corrected chi connectivity index (χ4v) is 1.83. The lowest BCUT2D eigenvalue weighted by Crippen LogP contribution is -2.33. The first-order valence-electron chi connectivity index (χ1n) is 6.78. The molecule has 0 unspecified atom stereocenters. The van der Waals surface area contributed by atoms with Crippen molar-refractivity contribution < 1.29 is 0 Å². The van der Waals surface area contributed by atoms with E-state index in [4.69, 9.17) is 0 Å². The van der Waals surface area contributed by atoms with Crippen LogP contribution in [-0.4, -0.2) is 37.6 Å². The molecule has 0 aliphatic heterocycles. The van der Waals surface area contributed by atoms with E-state index in [-0.39, 0.29) is 0 Å². The van der Waals surface area contributed by atoms with Gasteiger partial charge in [0.05, 0.1) is 0 Å². The van der Waals surface area contributed by atoms with Crippen molar-refractivity contribution in [1.82, 2.24) is 10.2 Å². The summed E-state index contributed by atoms with van der Waals surface area (Å²) in [4.78, 5) is 2.56. The van der Waals surface area contributed by atoms with Crippen molar-refractivity contribution in [3.63, 3.8) is 0 Å². The molecule has 15 heavy (non-hydrogen) atoms. The van der Waals surface area contributed by atoms with Crippen molar-refractivity contribution in [3.8, 4) is 0 Å². The minimum atomic E-state index is 1.16. The van der Waals surface area contributed by atoms with Gasteiger partial charge in [0, 0.05) is 13.1 Å². The molecule has 0 aromatic heterocycles. The average Bonchev–Trinajstić information content (AvgIpc) is 2.24. The quantitative estimate of drug-likeness (QED) is 0.532. The minimum Gasteiger partial charge on any atom is -0.315 e. The molecule has 0 amide bonds. The van der Waals surface area contributed by atoms with Crippen molar-refractivity contribution in [1.29, 1.82) is 0 Å². The standard InChI is InChI=1S/C13H30N2/c1-4-7-8-9-14-10-13-15(11-5-2)12-6-3/h14H,4-13H2,1-3H3. The first-order valence-corrected chi connectivity index (χ1v) is 6.78. The molecule has 0 heterocycles. The summed E-state index contributed by atoms with van der Waals surface area (Å²) in [6, 6.07) is 0. The maximum atomic E-state index is 3.53. The van der Waals surface area contributed by atoms with E-state index in [0.29, 0.717) is 0 Å². The second-order valence-corrected chi connectivity index (χ2v) is 4.30. The molecule has 0 spiro atoms. The second-order valence-electron chi connectivity index (χ2n) is 4.30. The molecule has 0 fully saturated rings. The number of unbranched alkanes of at least 4 members (excludes halogenated alkanes) is 2. The molecule has 0 radical (unpaired) electrons. The van der Waals surface area contributed by atoms with E-state index in [2.05, 4.69) is 31.0 Å². The molecule has 0 saturated carbocycles. The second kappa shape index (κ2) is 12.0. The maximum absolute atomic E-state index is 3.53. The van der Waals surface area contributed by atoms with Crippen LogP contribution in [0.3, 0.4) is 0 Å². The molecule has 0 aromatic rings. The Morgan fingerprint density at radius 2 is 1.40 bits per heavy atom. The molecule has 1 N–H and O–H groups in total. The smallest absolute Gasteiger partial charge is 0.0107 e. The summed E-state index contributed by atoms with van der Waals surface area (Å²) in [6.07, 6.45) is 6.56. The summed E-state index contributed by atoms with van der Waals surface area (Å²) in [6.45, 7) is 12.9. The van der Waals surface area contributed by atoms with Gasteiger partial charge in [0.15, 0.2) is 0 Å². The van der Waals surface area contributed by atoms with Crippen LogP contribution in [0.5, 0.6) is 0 Å². The molecule has 0 aliphatic carbocycles. The Labute approximate surface area is 96.4 Å². The van der Waals surface area contributed by atoms with E-state index in [0.717, 1.165) is 6.54 Å². The van der Waals surface area contributed by atoms with Crippen LogP contribution in [-0.2, 0) is 0 Å². The van der Waals surface area contributed by atoms with Gasteiger partial charge in [-0.25, -0.2) is 0 Å². The monoisotopic (exact) mass is 214 g/mol. The third-order valence-corrected chi connectivity index (χ3v) is 2.64. The van der Waals surface area contributed by atoms with Crippen LogP contribution in [0.25, 0.3) is 0 Å². The van der Waals surface area contributed by atoms with Gasteiger partial charge in [-0.2, -0.15) is 0 Å². The number of rotatable bonds is 11. The number of hydrogen-bond donors (Lipinski definition) is 1. The fourth-order valence-electron chi connectivity index (χ4n) is 1.83. The van der Waals surface area contributed by atoms with Gasteiger partial charge < -0.3 is 10.2 Å². The van der Waals surface area contributed by atoms with Crippen molar-refractivity contribution in [2.45, 2.75) is 52.9 Å². The predicted molar refractivity (Wildman–Crippen MR) is 69.4 cm³/mol. The Morgan fingerprint density at radius 3 is 1.93 bits per heavy atom. The highest BCUT2D eigenvalue weighted by Crippen LogP contribution is 1.93. The van der Waals surface area contributed by atoms with E-state index >= 15 is 0 Å². The fraction of sp³-hybridized carbons (Fsp3) is 1.00. The molecule has 0 aliphatic rings. The van der Waals surface area contributed by atoms with Gasteiger partial charge in [-0.1, -0.05) is 33.6 Å². The zero-order chi connectivity index (χ0) is 11.4. The Kier molecular flexibility index (Phi) is 11.9. The largest absolute Gasteiger partial charge is 0.315 e. The highest BCUT2D eigenvalue weighted by molar-refractivity contribution is 4.58. The van der Waals surface area contributed by atoms with Gasteiger partial charge in [-0.05, 0) is 38.9 Å². The van der Waals surface area contributed by atoms with Crippen molar-refractivity contribution in [3.05, 3.63) is 0 Å². The van der Waals surface area contributed by atoms with E-state index in [9.17, 15) is 0 Å². The van der Waals surface area contributed by atoms with Gasteiger partial charge in [0.25, 0.3) is 0 Å². The molecular formula is C13H30N2. The predicted octanol–water partition coefficient (Wildman–Crippen LogP) is 2.89. The number of hydrogen-bond acceptors (Lipinski definition) is 2. The lowest BCUT2D eigenvalue weighted by Gasteiger charge is -2.20. The zero-order valence-corrected chi connectivity index (χ0v) is 11.0. The molecule has 2 heteroatoms. The summed E-state index contributed by atoms with van der Waals surface area (Å²) in [5.41, 5.74) is 0. The number of nitrogens with one attached hydrogen (secondary N) is 1. The Bertz CT molecular complexity index is 109. The normalized spacial score (nSPS) is 11.2. The first kappa shape index (κ1) is 14.9. The van der Waals surface area contributed by atoms with Crippen LogP contribution in [0.15, 0.2) is 0 Å². The van der Waals surface area contributed by atoms with Gasteiger partial charge >= 0.3 is 0 Å². The average molecular weight is 214 g/mol. The summed E-state index contributed by atoms with van der Waals surface area (Å²) in [7, 11) is 0. The van der Waals surface area contributed by atoms with Crippen LogP contribution in [0.4, 0.5) is 0 Å². The minimum absolute atomic E-state index is 1.16. The van der Waals surface area contributed by atoms with Gasteiger partial charge in [-0.15, -0.1) is 0 Å². The lowest BCUT2D eigenvalue weighted by atomic mass is 10.2. The third-order valence-electron chi connectivity index (χ3n) is 2.64. The Morgan fingerprint density at radius 1 is 0.733 bits per heavy atom. The first-order chi connectivity index (χ1) is 7.35. The summed E-state index contributed by atoms with van der Waals surface area (Å²) in [5.74, 6) is 0. The molecule has 0 aromatic carbocycles. The summed E-state index contributed by atoms with van der Waals surface area (Å²) < 4.78 is 0. The highest BCUT2D eigenvalue weighted by atomic mass is 15.1.